The van der Waals surface area contributed by atoms with Gasteiger partial charge in [0.1, 0.15) is 12.4 Å². The molecule has 5 heteroatoms. The smallest absolute Gasteiger partial charge is 0.254 e. The lowest BCUT2D eigenvalue weighted by molar-refractivity contribution is -0.121. The van der Waals surface area contributed by atoms with Crippen molar-refractivity contribution in [1.29, 1.82) is 0 Å². The molecule has 2 rings (SSSR count). The van der Waals surface area contributed by atoms with Crippen molar-refractivity contribution in [2.24, 2.45) is 0 Å². The van der Waals surface area contributed by atoms with E-state index >= 15 is 0 Å². The number of aromatic nitrogens is 2. The Morgan fingerprint density at radius 3 is 2.68 bits per heavy atom. The molecule has 22 heavy (non-hydrogen) atoms. The van der Waals surface area contributed by atoms with Gasteiger partial charge in [-0.15, -0.1) is 0 Å². The second kappa shape index (κ2) is 7.54. The average Bonchev–Trinajstić information content (AvgIpc) is 2.51. The van der Waals surface area contributed by atoms with Crippen LogP contribution in [-0.2, 0) is 11.3 Å². The number of unbranched alkanes of at least 4 members (excludes halogenated alkanes) is 1. The molecular formula is C17H21N3O2. The van der Waals surface area contributed by atoms with E-state index in [0.29, 0.717) is 18.1 Å². The Hall–Kier alpha value is -2.43. The Morgan fingerprint density at radius 2 is 2.00 bits per heavy atom. The van der Waals surface area contributed by atoms with Gasteiger partial charge in [-0.05, 0) is 13.3 Å². The van der Waals surface area contributed by atoms with E-state index in [9.17, 15) is 9.59 Å². The van der Waals surface area contributed by atoms with E-state index in [2.05, 4.69) is 17.2 Å². The molecule has 5 nitrogen and oxygen atoms in total. The molecule has 1 heterocycles. The number of carbonyl (C=O) groups is 1. The summed E-state index contributed by atoms with van der Waals surface area (Å²) in [6, 6.07) is 10.9. The summed E-state index contributed by atoms with van der Waals surface area (Å²) < 4.78 is 1.42. The highest BCUT2D eigenvalue weighted by molar-refractivity contribution is 5.76. The quantitative estimate of drug-likeness (QED) is 0.831. The molecule has 0 aliphatic carbocycles. The Labute approximate surface area is 130 Å². The minimum atomic E-state index is -0.211. The molecule has 0 bridgehead atoms. The minimum absolute atomic E-state index is 0.0138. The standard InChI is InChI=1S/C17H21N3O2/c1-3-4-10-18-15(21)12-20-16(22)11-13(2)19-17(20)14-8-6-5-7-9-14/h5-9,11H,3-4,10,12H2,1-2H3,(H,18,21). The highest BCUT2D eigenvalue weighted by Crippen LogP contribution is 2.15. The van der Waals surface area contributed by atoms with Gasteiger partial charge in [0.15, 0.2) is 0 Å². The molecule has 0 fully saturated rings. The molecule has 1 amide bonds. The lowest BCUT2D eigenvalue weighted by Crippen LogP contribution is -2.34. The fourth-order valence-electron chi connectivity index (χ4n) is 2.19. The third-order valence-electron chi connectivity index (χ3n) is 3.32. The maximum atomic E-state index is 12.2. The van der Waals surface area contributed by atoms with Gasteiger partial charge in [0.25, 0.3) is 5.56 Å². The van der Waals surface area contributed by atoms with Crippen LogP contribution in [-0.4, -0.2) is 22.0 Å². The topological polar surface area (TPSA) is 64.0 Å². The van der Waals surface area contributed by atoms with Gasteiger partial charge in [0, 0.05) is 23.9 Å². The van der Waals surface area contributed by atoms with Crippen LogP contribution < -0.4 is 10.9 Å². The van der Waals surface area contributed by atoms with E-state index in [0.717, 1.165) is 18.4 Å². The van der Waals surface area contributed by atoms with Crippen molar-refractivity contribution in [3.05, 3.63) is 52.4 Å². The second-order valence-corrected chi connectivity index (χ2v) is 5.22. The normalized spacial score (nSPS) is 10.5. The highest BCUT2D eigenvalue weighted by atomic mass is 16.2. The number of aryl methyl sites for hydroxylation is 1. The molecule has 0 atom stereocenters. The van der Waals surface area contributed by atoms with Gasteiger partial charge in [-0.2, -0.15) is 0 Å². The first kappa shape index (κ1) is 15.9. The number of hydrogen-bond acceptors (Lipinski definition) is 3. The zero-order valence-corrected chi connectivity index (χ0v) is 13.0. The van der Waals surface area contributed by atoms with Gasteiger partial charge in [-0.25, -0.2) is 4.98 Å². The summed E-state index contributed by atoms with van der Waals surface area (Å²) >= 11 is 0. The van der Waals surface area contributed by atoms with Crippen molar-refractivity contribution in [2.45, 2.75) is 33.2 Å². The van der Waals surface area contributed by atoms with E-state index in [1.54, 1.807) is 6.92 Å². The summed E-state index contributed by atoms with van der Waals surface area (Å²) in [5.41, 5.74) is 1.26. The van der Waals surface area contributed by atoms with Crippen LogP contribution in [0.4, 0.5) is 0 Å². The maximum absolute atomic E-state index is 12.2. The summed E-state index contributed by atoms with van der Waals surface area (Å²) in [7, 11) is 0. The van der Waals surface area contributed by atoms with Crippen LogP contribution in [0.3, 0.4) is 0 Å². The van der Waals surface area contributed by atoms with Gasteiger partial charge in [0.05, 0.1) is 0 Å². The monoisotopic (exact) mass is 299 g/mol. The highest BCUT2D eigenvalue weighted by Gasteiger charge is 2.12. The van der Waals surface area contributed by atoms with Crippen LogP contribution >= 0.6 is 0 Å². The first-order valence-corrected chi connectivity index (χ1v) is 7.52. The van der Waals surface area contributed by atoms with Crippen molar-refractivity contribution in [2.75, 3.05) is 6.54 Å². The molecule has 1 aromatic carbocycles. The van der Waals surface area contributed by atoms with E-state index < -0.39 is 0 Å². The van der Waals surface area contributed by atoms with Crippen LogP contribution in [0.15, 0.2) is 41.2 Å². The number of nitrogens with zero attached hydrogens (tertiary/aromatic N) is 2. The van der Waals surface area contributed by atoms with Crippen molar-refractivity contribution in [3.8, 4) is 11.4 Å². The third-order valence-corrected chi connectivity index (χ3v) is 3.32. The van der Waals surface area contributed by atoms with Gasteiger partial charge in [0.2, 0.25) is 5.91 Å². The molecule has 2 aromatic rings. The molecule has 1 N–H and O–H groups in total. The summed E-state index contributed by atoms with van der Waals surface area (Å²) in [6.45, 7) is 4.46. The van der Waals surface area contributed by atoms with Crippen molar-refractivity contribution in [3.63, 3.8) is 0 Å². The van der Waals surface area contributed by atoms with E-state index in [-0.39, 0.29) is 18.0 Å². The minimum Gasteiger partial charge on any atom is -0.355 e. The van der Waals surface area contributed by atoms with Crippen molar-refractivity contribution in [1.82, 2.24) is 14.9 Å². The SMILES string of the molecule is CCCCNC(=O)Cn1c(-c2ccccc2)nc(C)cc1=O. The Kier molecular flexibility index (Phi) is 5.47. The molecule has 0 saturated carbocycles. The Balaban J connectivity index is 2.30. The molecule has 0 aliphatic heterocycles. The number of benzene rings is 1. The van der Waals surface area contributed by atoms with E-state index in [1.807, 2.05) is 30.3 Å². The predicted octanol–water partition coefficient (Wildman–Crippen LogP) is 2.14. The number of nitrogens with one attached hydrogen (secondary N) is 1. The van der Waals surface area contributed by atoms with Gasteiger partial charge in [-0.3, -0.25) is 14.2 Å². The first-order chi connectivity index (χ1) is 10.6. The number of amides is 1. The molecule has 0 unspecified atom stereocenters. The fourth-order valence-corrected chi connectivity index (χ4v) is 2.19. The van der Waals surface area contributed by atoms with Crippen LogP contribution in [0.2, 0.25) is 0 Å². The Morgan fingerprint density at radius 1 is 1.27 bits per heavy atom. The summed E-state index contributed by atoms with van der Waals surface area (Å²) in [4.78, 5) is 28.7. The molecule has 0 aliphatic rings. The fraction of sp³-hybridized carbons (Fsp3) is 0.353. The summed E-state index contributed by atoms with van der Waals surface area (Å²) in [6.07, 6.45) is 1.94. The average molecular weight is 299 g/mol. The number of rotatable bonds is 6. The lowest BCUT2D eigenvalue weighted by atomic mass is 10.2. The zero-order chi connectivity index (χ0) is 15.9. The molecule has 0 spiro atoms. The van der Waals surface area contributed by atoms with Gasteiger partial charge in [-0.1, -0.05) is 43.7 Å². The summed E-state index contributed by atoms with van der Waals surface area (Å²) in [5.74, 6) is 0.356. The first-order valence-electron chi connectivity index (χ1n) is 7.52. The van der Waals surface area contributed by atoms with Crippen LogP contribution in [0.1, 0.15) is 25.5 Å². The van der Waals surface area contributed by atoms with E-state index in [4.69, 9.17) is 0 Å². The van der Waals surface area contributed by atoms with Crippen molar-refractivity contribution < 1.29 is 4.79 Å². The maximum Gasteiger partial charge on any atom is 0.254 e. The molecule has 0 radical (unpaired) electrons. The van der Waals surface area contributed by atoms with Crippen LogP contribution in [0, 0.1) is 6.92 Å². The third kappa shape index (κ3) is 4.04. The Bertz CT molecular complexity index is 693. The lowest BCUT2D eigenvalue weighted by Gasteiger charge is -2.13. The number of carbonyl (C=O) groups excluding carboxylic acids is 1. The molecule has 0 saturated heterocycles. The zero-order valence-electron chi connectivity index (χ0n) is 13.0. The van der Waals surface area contributed by atoms with Crippen LogP contribution in [0.25, 0.3) is 11.4 Å². The number of hydrogen-bond donors (Lipinski definition) is 1. The molecule has 1 aromatic heterocycles. The summed E-state index contributed by atoms with van der Waals surface area (Å²) in [5, 5.41) is 2.83. The van der Waals surface area contributed by atoms with Gasteiger partial charge >= 0.3 is 0 Å². The van der Waals surface area contributed by atoms with Crippen LogP contribution in [0.5, 0.6) is 0 Å². The molecular weight excluding hydrogens is 278 g/mol. The van der Waals surface area contributed by atoms with E-state index in [1.165, 1.54) is 10.6 Å². The van der Waals surface area contributed by atoms with Crippen molar-refractivity contribution >= 4 is 5.91 Å². The largest absolute Gasteiger partial charge is 0.355 e. The second-order valence-electron chi connectivity index (χ2n) is 5.22. The molecule has 116 valence electrons. The predicted molar refractivity (Wildman–Crippen MR) is 86.6 cm³/mol. The van der Waals surface area contributed by atoms with Gasteiger partial charge < -0.3 is 5.32 Å².